The number of fused-ring (bicyclic) bond motifs is 1. The molecule has 22 heavy (non-hydrogen) atoms. The first-order valence-electron chi connectivity index (χ1n) is 6.74. The van der Waals surface area contributed by atoms with Crippen molar-refractivity contribution in [2.75, 3.05) is 13.2 Å². The molecule has 2 aromatic carbocycles. The van der Waals surface area contributed by atoms with Gasteiger partial charge in [-0.2, -0.15) is 0 Å². The van der Waals surface area contributed by atoms with Crippen LogP contribution in [-0.4, -0.2) is 25.2 Å². The van der Waals surface area contributed by atoms with Crippen LogP contribution in [0.1, 0.15) is 10.4 Å². The van der Waals surface area contributed by atoms with Gasteiger partial charge in [-0.25, -0.2) is 8.78 Å². The van der Waals surface area contributed by atoms with Crippen molar-refractivity contribution in [1.82, 2.24) is 5.32 Å². The number of amides is 1. The van der Waals surface area contributed by atoms with Crippen LogP contribution in [0.15, 0.2) is 42.5 Å². The molecule has 0 spiro atoms. The fourth-order valence-corrected chi connectivity index (χ4v) is 2.16. The molecule has 2 aromatic rings. The summed E-state index contributed by atoms with van der Waals surface area (Å²) in [5.41, 5.74) is -0.0744. The second kappa shape index (κ2) is 6.01. The lowest BCUT2D eigenvalue weighted by molar-refractivity contribution is 0.0788. The van der Waals surface area contributed by atoms with Crippen LogP contribution in [0.25, 0.3) is 0 Å². The normalized spacial score (nSPS) is 16.2. The molecule has 0 bridgehead atoms. The molecule has 0 aromatic heterocycles. The van der Waals surface area contributed by atoms with Gasteiger partial charge >= 0.3 is 0 Å². The number of halogens is 2. The van der Waals surface area contributed by atoms with E-state index in [-0.39, 0.29) is 24.8 Å². The molecule has 1 atom stereocenters. The van der Waals surface area contributed by atoms with E-state index in [4.69, 9.17) is 9.47 Å². The average Bonchev–Trinajstić information content (AvgIpc) is 2.51. The lowest BCUT2D eigenvalue weighted by Crippen LogP contribution is -2.40. The molecule has 1 unspecified atom stereocenters. The molecular formula is C16H13F2NO3. The SMILES string of the molecule is O=C(NCC1COc2ccccc2O1)c1cc(F)cc(F)c1. The Kier molecular flexibility index (Phi) is 3.91. The van der Waals surface area contributed by atoms with Crippen LogP contribution in [0.4, 0.5) is 8.78 Å². The van der Waals surface area contributed by atoms with Crippen LogP contribution in [0, 0.1) is 11.6 Å². The first-order chi connectivity index (χ1) is 10.6. The van der Waals surface area contributed by atoms with E-state index < -0.39 is 17.5 Å². The highest BCUT2D eigenvalue weighted by Crippen LogP contribution is 2.30. The van der Waals surface area contributed by atoms with Gasteiger partial charge in [0.1, 0.15) is 24.3 Å². The first kappa shape index (κ1) is 14.3. The zero-order chi connectivity index (χ0) is 15.5. The number of hydrogen-bond acceptors (Lipinski definition) is 3. The van der Waals surface area contributed by atoms with E-state index in [1.807, 2.05) is 12.1 Å². The minimum atomic E-state index is -0.795. The van der Waals surface area contributed by atoms with Crippen LogP contribution >= 0.6 is 0 Å². The predicted octanol–water partition coefficient (Wildman–Crippen LogP) is 2.53. The lowest BCUT2D eigenvalue weighted by Gasteiger charge is -2.26. The third-order valence-corrected chi connectivity index (χ3v) is 3.18. The fraction of sp³-hybridized carbons (Fsp3) is 0.188. The summed E-state index contributed by atoms with van der Waals surface area (Å²) in [4.78, 5) is 11.9. The van der Waals surface area contributed by atoms with Crippen molar-refractivity contribution in [2.24, 2.45) is 0 Å². The van der Waals surface area contributed by atoms with Crippen molar-refractivity contribution >= 4 is 5.91 Å². The third kappa shape index (κ3) is 3.16. The molecule has 0 aliphatic carbocycles. The van der Waals surface area contributed by atoms with Crippen LogP contribution in [0.3, 0.4) is 0 Å². The van der Waals surface area contributed by atoms with E-state index in [2.05, 4.69) is 5.32 Å². The van der Waals surface area contributed by atoms with Gasteiger partial charge in [-0.1, -0.05) is 12.1 Å². The number of nitrogens with one attached hydrogen (secondary N) is 1. The molecule has 0 fully saturated rings. The Labute approximate surface area is 125 Å². The number of benzene rings is 2. The standard InChI is InChI=1S/C16H13F2NO3/c17-11-5-10(6-12(18)7-11)16(20)19-8-13-9-21-14-3-1-2-4-15(14)22-13/h1-7,13H,8-9H2,(H,19,20). The van der Waals surface area contributed by atoms with Gasteiger partial charge in [0.25, 0.3) is 5.91 Å². The third-order valence-electron chi connectivity index (χ3n) is 3.18. The van der Waals surface area contributed by atoms with Gasteiger partial charge in [0, 0.05) is 11.6 Å². The smallest absolute Gasteiger partial charge is 0.251 e. The molecule has 1 N–H and O–H groups in total. The number of ether oxygens (including phenoxy) is 2. The fourth-order valence-electron chi connectivity index (χ4n) is 2.16. The summed E-state index contributed by atoms with van der Waals surface area (Å²) in [6.07, 6.45) is -0.364. The van der Waals surface area contributed by atoms with Crippen molar-refractivity contribution in [3.63, 3.8) is 0 Å². The molecule has 6 heteroatoms. The van der Waals surface area contributed by atoms with E-state index in [0.29, 0.717) is 17.6 Å². The maximum atomic E-state index is 13.1. The Balaban J connectivity index is 1.60. The van der Waals surface area contributed by atoms with Crippen molar-refractivity contribution < 1.29 is 23.0 Å². The topological polar surface area (TPSA) is 47.6 Å². The van der Waals surface area contributed by atoms with Crippen molar-refractivity contribution in [1.29, 1.82) is 0 Å². The highest BCUT2D eigenvalue weighted by atomic mass is 19.1. The largest absolute Gasteiger partial charge is 0.486 e. The molecule has 3 rings (SSSR count). The average molecular weight is 305 g/mol. The first-order valence-corrected chi connectivity index (χ1v) is 6.74. The quantitative estimate of drug-likeness (QED) is 0.948. The lowest BCUT2D eigenvalue weighted by atomic mass is 10.2. The number of hydrogen-bond donors (Lipinski definition) is 1. The van der Waals surface area contributed by atoms with E-state index in [1.54, 1.807) is 12.1 Å². The van der Waals surface area contributed by atoms with E-state index in [9.17, 15) is 13.6 Å². The summed E-state index contributed by atoms with van der Waals surface area (Å²) in [6.45, 7) is 0.458. The molecule has 0 saturated carbocycles. The molecule has 1 heterocycles. The van der Waals surface area contributed by atoms with Crippen LogP contribution in [0.2, 0.25) is 0 Å². The maximum Gasteiger partial charge on any atom is 0.251 e. The van der Waals surface area contributed by atoms with Gasteiger partial charge in [0.05, 0.1) is 6.54 Å². The molecule has 114 valence electrons. The molecule has 1 aliphatic rings. The van der Waals surface area contributed by atoms with Gasteiger partial charge in [-0.15, -0.1) is 0 Å². The molecule has 0 saturated heterocycles. The Morgan fingerprint density at radius 1 is 1.14 bits per heavy atom. The van der Waals surface area contributed by atoms with E-state index in [0.717, 1.165) is 12.1 Å². The zero-order valence-corrected chi connectivity index (χ0v) is 11.5. The summed E-state index contributed by atoms with van der Waals surface area (Å²) in [5.74, 6) is -0.907. The van der Waals surface area contributed by atoms with Crippen molar-refractivity contribution in [3.8, 4) is 11.5 Å². The van der Waals surface area contributed by atoms with Gasteiger partial charge in [-0.3, -0.25) is 4.79 Å². The van der Waals surface area contributed by atoms with E-state index in [1.165, 1.54) is 0 Å². The van der Waals surface area contributed by atoms with Gasteiger partial charge in [0.15, 0.2) is 11.5 Å². The number of rotatable bonds is 3. The molecule has 4 nitrogen and oxygen atoms in total. The van der Waals surface area contributed by atoms with Crippen molar-refractivity contribution in [3.05, 3.63) is 59.7 Å². The number of carbonyl (C=O) groups excluding carboxylic acids is 1. The number of carbonyl (C=O) groups is 1. The molecule has 1 amide bonds. The Hall–Kier alpha value is -2.63. The Bertz CT molecular complexity index is 685. The molecule has 1 aliphatic heterocycles. The Morgan fingerprint density at radius 2 is 1.82 bits per heavy atom. The summed E-state index contributed by atoms with van der Waals surface area (Å²) >= 11 is 0. The highest BCUT2D eigenvalue weighted by molar-refractivity contribution is 5.94. The van der Waals surface area contributed by atoms with Crippen LogP contribution in [-0.2, 0) is 0 Å². The Morgan fingerprint density at radius 3 is 2.55 bits per heavy atom. The van der Waals surface area contributed by atoms with Gasteiger partial charge in [0.2, 0.25) is 0 Å². The maximum absolute atomic E-state index is 13.1. The molecular weight excluding hydrogens is 292 g/mol. The van der Waals surface area contributed by atoms with E-state index >= 15 is 0 Å². The zero-order valence-electron chi connectivity index (χ0n) is 11.5. The minimum absolute atomic E-state index is 0.0744. The van der Waals surface area contributed by atoms with Gasteiger partial charge < -0.3 is 14.8 Å². The second-order valence-electron chi connectivity index (χ2n) is 4.87. The number of para-hydroxylation sites is 2. The summed E-state index contributed by atoms with van der Waals surface area (Å²) in [6, 6.07) is 9.88. The summed E-state index contributed by atoms with van der Waals surface area (Å²) < 4.78 is 37.4. The van der Waals surface area contributed by atoms with Crippen molar-refractivity contribution in [2.45, 2.75) is 6.10 Å². The summed E-state index contributed by atoms with van der Waals surface area (Å²) in [5, 5.41) is 2.58. The predicted molar refractivity (Wildman–Crippen MR) is 75.0 cm³/mol. The second-order valence-corrected chi connectivity index (χ2v) is 4.87. The molecule has 0 radical (unpaired) electrons. The van der Waals surface area contributed by atoms with Gasteiger partial charge in [-0.05, 0) is 24.3 Å². The van der Waals surface area contributed by atoms with Crippen LogP contribution in [0.5, 0.6) is 11.5 Å². The highest BCUT2D eigenvalue weighted by Gasteiger charge is 2.21. The minimum Gasteiger partial charge on any atom is -0.486 e. The summed E-state index contributed by atoms with van der Waals surface area (Å²) in [7, 11) is 0. The van der Waals surface area contributed by atoms with Crippen LogP contribution < -0.4 is 14.8 Å². The monoisotopic (exact) mass is 305 g/mol.